The molecule has 0 amide bonds. The minimum atomic E-state index is -0.370. The van der Waals surface area contributed by atoms with Crippen molar-refractivity contribution in [3.8, 4) is 5.75 Å². The summed E-state index contributed by atoms with van der Waals surface area (Å²) in [7, 11) is 0. The lowest BCUT2D eigenvalue weighted by Gasteiger charge is -2.07. The SMILES string of the molecule is CCCCCCOc1ccc2c(sc3c(F)c(CCC)ccc32)c1F. The molecule has 0 unspecified atom stereocenters. The third kappa shape index (κ3) is 3.64. The molecule has 0 aliphatic heterocycles. The number of unbranched alkanes of at least 4 members (excludes halogenated alkanes) is 3. The molecule has 0 fully saturated rings. The first-order valence-corrected chi connectivity index (χ1v) is 9.93. The summed E-state index contributed by atoms with van der Waals surface area (Å²) in [6.45, 7) is 4.70. The third-order valence-electron chi connectivity index (χ3n) is 4.51. The van der Waals surface area contributed by atoms with Crippen molar-refractivity contribution in [3.05, 3.63) is 41.5 Å². The molecule has 1 heterocycles. The Morgan fingerprint density at radius 3 is 2.28 bits per heavy atom. The maximum absolute atomic E-state index is 14.8. The molecule has 1 aromatic heterocycles. The van der Waals surface area contributed by atoms with Crippen molar-refractivity contribution >= 4 is 31.5 Å². The number of ether oxygens (including phenoxy) is 1. The number of benzene rings is 2. The van der Waals surface area contributed by atoms with E-state index in [1.165, 1.54) is 17.8 Å². The summed E-state index contributed by atoms with van der Waals surface area (Å²) >= 11 is 1.19. The van der Waals surface area contributed by atoms with Gasteiger partial charge in [0.1, 0.15) is 5.82 Å². The molecule has 1 nitrogen and oxygen atoms in total. The highest BCUT2D eigenvalue weighted by Gasteiger charge is 2.17. The molecule has 0 atom stereocenters. The molecule has 0 N–H and O–H groups in total. The van der Waals surface area contributed by atoms with Crippen LogP contribution in [0, 0.1) is 11.6 Å². The van der Waals surface area contributed by atoms with Gasteiger partial charge in [-0.15, -0.1) is 11.3 Å². The van der Waals surface area contributed by atoms with Gasteiger partial charge in [-0.3, -0.25) is 0 Å². The molecule has 0 aliphatic carbocycles. The van der Waals surface area contributed by atoms with E-state index in [1.54, 1.807) is 6.07 Å². The van der Waals surface area contributed by atoms with Gasteiger partial charge in [0.25, 0.3) is 0 Å². The van der Waals surface area contributed by atoms with E-state index in [0.717, 1.165) is 36.5 Å². The smallest absolute Gasteiger partial charge is 0.182 e. The van der Waals surface area contributed by atoms with Crippen LogP contribution in [0.5, 0.6) is 5.75 Å². The molecular formula is C21H24F2OS. The quantitative estimate of drug-likeness (QED) is 0.384. The Bertz CT molecular complexity index is 869. The second-order valence-electron chi connectivity index (χ2n) is 6.43. The molecule has 3 rings (SSSR count). The molecule has 4 heteroatoms. The zero-order chi connectivity index (χ0) is 17.8. The number of halogens is 2. The van der Waals surface area contributed by atoms with Crippen molar-refractivity contribution in [2.45, 2.75) is 52.4 Å². The maximum atomic E-state index is 14.8. The average molecular weight is 362 g/mol. The van der Waals surface area contributed by atoms with Crippen molar-refractivity contribution in [2.75, 3.05) is 6.61 Å². The Morgan fingerprint density at radius 1 is 0.840 bits per heavy atom. The van der Waals surface area contributed by atoms with E-state index < -0.39 is 0 Å². The summed E-state index contributed by atoms with van der Waals surface area (Å²) < 4.78 is 36.2. The van der Waals surface area contributed by atoms with Crippen molar-refractivity contribution in [3.63, 3.8) is 0 Å². The molecule has 2 aromatic carbocycles. The lowest BCUT2D eigenvalue weighted by molar-refractivity contribution is 0.292. The lowest BCUT2D eigenvalue weighted by atomic mass is 10.1. The first kappa shape index (κ1) is 18.1. The van der Waals surface area contributed by atoms with Gasteiger partial charge in [-0.1, -0.05) is 51.7 Å². The second kappa shape index (κ2) is 8.13. The van der Waals surface area contributed by atoms with Crippen LogP contribution in [0.3, 0.4) is 0 Å². The number of hydrogen-bond donors (Lipinski definition) is 0. The highest BCUT2D eigenvalue weighted by atomic mass is 32.1. The Balaban J connectivity index is 1.92. The van der Waals surface area contributed by atoms with Gasteiger partial charge in [0.05, 0.1) is 16.0 Å². The van der Waals surface area contributed by atoms with Crippen LogP contribution in [0.2, 0.25) is 0 Å². The number of aryl methyl sites for hydroxylation is 1. The van der Waals surface area contributed by atoms with Crippen molar-refractivity contribution in [2.24, 2.45) is 0 Å². The van der Waals surface area contributed by atoms with Crippen LogP contribution >= 0.6 is 11.3 Å². The van der Waals surface area contributed by atoms with E-state index >= 15 is 0 Å². The van der Waals surface area contributed by atoms with Crippen LogP contribution in [0.15, 0.2) is 24.3 Å². The Labute approximate surface area is 151 Å². The van der Waals surface area contributed by atoms with E-state index in [-0.39, 0.29) is 17.4 Å². The summed E-state index contributed by atoms with van der Waals surface area (Å²) in [4.78, 5) is 0. The molecule has 0 radical (unpaired) electrons. The van der Waals surface area contributed by atoms with Gasteiger partial charge in [0.15, 0.2) is 11.6 Å². The van der Waals surface area contributed by atoms with E-state index in [2.05, 4.69) is 6.92 Å². The first-order chi connectivity index (χ1) is 12.2. The molecule has 134 valence electrons. The van der Waals surface area contributed by atoms with Crippen molar-refractivity contribution in [1.29, 1.82) is 0 Å². The standard InChI is InChI=1S/C21H24F2OS/c1-3-5-6-7-13-24-17-12-11-16-15-10-9-14(8-4-2)18(22)20(15)25-21(16)19(17)23/h9-12H,3-8,13H2,1-2H3. The van der Waals surface area contributed by atoms with E-state index in [0.29, 0.717) is 28.0 Å². The number of fused-ring (bicyclic) bond motifs is 3. The van der Waals surface area contributed by atoms with Gasteiger partial charge in [-0.25, -0.2) is 8.78 Å². The molecule has 25 heavy (non-hydrogen) atoms. The molecule has 0 saturated carbocycles. The highest BCUT2D eigenvalue weighted by molar-refractivity contribution is 7.25. The number of thiophene rings is 1. The van der Waals surface area contributed by atoms with Gasteiger partial charge in [-0.2, -0.15) is 0 Å². The molecule has 0 saturated heterocycles. The van der Waals surface area contributed by atoms with Gasteiger partial charge < -0.3 is 4.74 Å². The summed E-state index contributed by atoms with van der Waals surface area (Å²) in [6, 6.07) is 7.25. The summed E-state index contributed by atoms with van der Waals surface area (Å²) in [5.74, 6) is -0.308. The normalized spacial score (nSPS) is 11.5. The van der Waals surface area contributed by atoms with E-state index in [9.17, 15) is 8.78 Å². The molecule has 0 aliphatic rings. The summed E-state index contributed by atoms with van der Waals surface area (Å²) in [5, 5.41) is 1.54. The number of rotatable bonds is 8. The van der Waals surface area contributed by atoms with Crippen LogP contribution in [0.25, 0.3) is 20.2 Å². The van der Waals surface area contributed by atoms with Crippen molar-refractivity contribution in [1.82, 2.24) is 0 Å². The Kier molecular flexibility index (Phi) is 5.89. The average Bonchev–Trinajstić information content (AvgIpc) is 2.99. The van der Waals surface area contributed by atoms with Gasteiger partial charge in [0.2, 0.25) is 0 Å². The van der Waals surface area contributed by atoms with Gasteiger partial charge in [-0.05, 0) is 30.5 Å². The fraction of sp³-hybridized carbons (Fsp3) is 0.429. The number of hydrogen-bond acceptors (Lipinski definition) is 2. The van der Waals surface area contributed by atoms with Crippen molar-refractivity contribution < 1.29 is 13.5 Å². The largest absolute Gasteiger partial charge is 0.490 e. The lowest BCUT2D eigenvalue weighted by Crippen LogP contribution is -1.99. The predicted molar refractivity (Wildman–Crippen MR) is 103 cm³/mol. The topological polar surface area (TPSA) is 9.23 Å². The molecule has 3 aromatic rings. The highest BCUT2D eigenvalue weighted by Crippen LogP contribution is 2.40. The van der Waals surface area contributed by atoms with Gasteiger partial charge in [0, 0.05) is 10.8 Å². The Morgan fingerprint density at radius 2 is 1.56 bits per heavy atom. The van der Waals surface area contributed by atoms with Crippen LogP contribution in [-0.2, 0) is 6.42 Å². The van der Waals surface area contributed by atoms with Crippen LogP contribution in [0.1, 0.15) is 51.5 Å². The molecule has 0 bridgehead atoms. The molecule has 0 spiro atoms. The summed E-state index contributed by atoms with van der Waals surface area (Å²) in [5.41, 5.74) is 0.703. The summed E-state index contributed by atoms with van der Waals surface area (Å²) in [6.07, 6.45) is 5.93. The molecular weight excluding hydrogens is 338 g/mol. The first-order valence-electron chi connectivity index (χ1n) is 9.12. The van der Waals surface area contributed by atoms with E-state index in [1.807, 2.05) is 25.1 Å². The van der Waals surface area contributed by atoms with Crippen LogP contribution in [0.4, 0.5) is 8.78 Å². The maximum Gasteiger partial charge on any atom is 0.182 e. The van der Waals surface area contributed by atoms with Gasteiger partial charge >= 0.3 is 0 Å². The third-order valence-corrected chi connectivity index (χ3v) is 5.71. The monoisotopic (exact) mass is 362 g/mol. The zero-order valence-electron chi connectivity index (χ0n) is 14.8. The zero-order valence-corrected chi connectivity index (χ0v) is 15.6. The van der Waals surface area contributed by atoms with E-state index in [4.69, 9.17) is 4.74 Å². The fourth-order valence-corrected chi connectivity index (χ4v) is 4.34. The second-order valence-corrected chi connectivity index (χ2v) is 7.45. The fourth-order valence-electron chi connectivity index (χ4n) is 3.15. The Hall–Kier alpha value is -1.68. The van der Waals surface area contributed by atoms with Crippen LogP contribution < -0.4 is 4.74 Å². The van der Waals surface area contributed by atoms with Crippen LogP contribution in [-0.4, -0.2) is 6.61 Å². The minimum absolute atomic E-state index is 0.206. The minimum Gasteiger partial charge on any atom is -0.490 e. The predicted octanol–water partition coefficient (Wildman–Crippen LogP) is 7.24.